The van der Waals surface area contributed by atoms with Crippen LogP contribution in [0.1, 0.15) is 55.2 Å². The molecule has 1 amide bonds. The smallest absolute Gasteiger partial charge is 0.272 e. The number of benzene rings is 2. The first-order chi connectivity index (χ1) is 15.1. The number of aliphatic hydroxyl groups excluding tert-OH is 1. The van der Waals surface area contributed by atoms with Crippen molar-refractivity contribution >= 4 is 16.8 Å². The van der Waals surface area contributed by atoms with Gasteiger partial charge in [0.2, 0.25) is 0 Å². The topological polar surface area (TPSA) is 70.4 Å². The maximum atomic E-state index is 13.2. The minimum atomic E-state index is -0.110. The molecule has 1 saturated heterocycles. The number of fused-ring (bicyclic) bond motifs is 1. The monoisotopic (exact) mass is 420 g/mol. The summed E-state index contributed by atoms with van der Waals surface area (Å²) < 4.78 is 1.92. The highest BCUT2D eigenvalue weighted by Gasteiger charge is 2.30. The predicted octanol–water partition coefficient (Wildman–Crippen LogP) is 3.76. The third-order valence-corrected chi connectivity index (χ3v) is 6.16. The fourth-order valence-corrected chi connectivity index (χ4v) is 4.61. The Hall–Kier alpha value is -2.70. The van der Waals surface area contributed by atoms with Crippen molar-refractivity contribution in [2.45, 2.75) is 57.8 Å². The number of aliphatic hydroxyl groups is 1. The second kappa shape index (κ2) is 9.62. The molecule has 0 aliphatic carbocycles. The lowest BCUT2D eigenvalue weighted by molar-refractivity contribution is 0.0765. The second-order valence-electron chi connectivity index (χ2n) is 8.73. The summed E-state index contributed by atoms with van der Waals surface area (Å²) in [6, 6.07) is 18.9. The van der Waals surface area contributed by atoms with E-state index in [-0.39, 0.29) is 24.6 Å². The maximum Gasteiger partial charge on any atom is 0.272 e. The van der Waals surface area contributed by atoms with Gasteiger partial charge in [-0.1, -0.05) is 48.5 Å². The minimum Gasteiger partial charge on any atom is -0.396 e. The summed E-state index contributed by atoms with van der Waals surface area (Å²) in [5.74, 6) is -0.110. The van der Waals surface area contributed by atoms with Crippen LogP contribution in [0.25, 0.3) is 10.9 Å². The van der Waals surface area contributed by atoms with Crippen molar-refractivity contribution in [1.82, 2.24) is 20.0 Å². The molecule has 0 bridgehead atoms. The van der Waals surface area contributed by atoms with Crippen molar-refractivity contribution in [2.24, 2.45) is 0 Å². The van der Waals surface area contributed by atoms with Crippen LogP contribution in [0.3, 0.4) is 0 Å². The van der Waals surface area contributed by atoms with Gasteiger partial charge in [-0.2, -0.15) is 5.10 Å². The molecule has 3 aromatic rings. The van der Waals surface area contributed by atoms with Crippen molar-refractivity contribution in [2.75, 3.05) is 13.2 Å². The van der Waals surface area contributed by atoms with Crippen molar-refractivity contribution < 1.29 is 9.90 Å². The predicted molar refractivity (Wildman–Crippen MR) is 123 cm³/mol. The second-order valence-corrected chi connectivity index (χ2v) is 8.73. The lowest BCUT2D eigenvalue weighted by Gasteiger charge is -2.40. The van der Waals surface area contributed by atoms with Crippen LogP contribution in [-0.2, 0) is 6.54 Å². The Morgan fingerprint density at radius 2 is 1.87 bits per heavy atom. The molecule has 2 aromatic carbocycles. The third-order valence-electron chi connectivity index (χ3n) is 6.16. The standard InChI is InChI=1S/C25H32N4O2/c1-18(2)29-23-11-7-6-10-22(23)24(27-29)25(31)26-20-12-13-21(14-15-30)28(17-20)16-19-8-4-3-5-9-19/h3-11,18,20-21,30H,12-17H2,1-2H3,(H,26,31)/t20-,21-/m0/s1. The summed E-state index contributed by atoms with van der Waals surface area (Å²) >= 11 is 0. The Bertz CT molecular complexity index is 1010. The highest BCUT2D eigenvalue weighted by molar-refractivity contribution is 6.05. The minimum absolute atomic E-state index is 0.0640. The van der Waals surface area contributed by atoms with Gasteiger partial charge in [0.1, 0.15) is 0 Å². The van der Waals surface area contributed by atoms with Gasteiger partial charge in [-0.15, -0.1) is 0 Å². The van der Waals surface area contributed by atoms with Crippen LogP contribution in [0.15, 0.2) is 54.6 Å². The average molecular weight is 421 g/mol. The van der Waals surface area contributed by atoms with E-state index in [4.69, 9.17) is 0 Å². The quantitative estimate of drug-likeness (QED) is 0.611. The third kappa shape index (κ3) is 4.81. The molecule has 6 nitrogen and oxygen atoms in total. The van der Waals surface area contributed by atoms with Crippen LogP contribution in [0.5, 0.6) is 0 Å². The fraction of sp³-hybridized carbons (Fsp3) is 0.440. The number of carbonyl (C=O) groups is 1. The molecule has 164 valence electrons. The molecule has 2 N–H and O–H groups in total. The molecule has 4 rings (SSSR count). The summed E-state index contributed by atoms with van der Waals surface area (Å²) in [7, 11) is 0. The van der Waals surface area contributed by atoms with Crippen molar-refractivity contribution in [1.29, 1.82) is 0 Å². The zero-order valence-corrected chi connectivity index (χ0v) is 18.4. The number of para-hydroxylation sites is 1. The summed E-state index contributed by atoms with van der Waals surface area (Å²) in [4.78, 5) is 15.6. The molecular weight excluding hydrogens is 388 g/mol. The van der Waals surface area contributed by atoms with Crippen molar-refractivity contribution in [3.8, 4) is 0 Å². The zero-order valence-electron chi connectivity index (χ0n) is 18.4. The zero-order chi connectivity index (χ0) is 21.8. The number of carbonyl (C=O) groups excluding carboxylic acids is 1. The van der Waals surface area contributed by atoms with Gasteiger partial charge < -0.3 is 10.4 Å². The van der Waals surface area contributed by atoms with E-state index in [1.807, 2.05) is 35.0 Å². The van der Waals surface area contributed by atoms with E-state index < -0.39 is 0 Å². The van der Waals surface area contributed by atoms with Crippen molar-refractivity contribution in [3.05, 3.63) is 65.9 Å². The van der Waals surface area contributed by atoms with E-state index in [2.05, 4.69) is 53.4 Å². The molecule has 0 radical (unpaired) electrons. The van der Waals surface area contributed by atoms with Gasteiger partial charge in [0.15, 0.2) is 5.69 Å². The number of amides is 1. The Morgan fingerprint density at radius 1 is 1.13 bits per heavy atom. The largest absolute Gasteiger partial charge is 0.396 e. The van der Waals surface area contributed by atoms with Crippen LogP contribution >= 0.6 is 0 Å². The first-order valence-electron chi connectivity index (χ1n) is 11.2. The van der Waals surface area contributed by atoms with Gasteiger partial charge in [0.25, 0.3) is 5.91 Å². The number of hydrogen-bond acceptors (Lipinski definition) is 4. The van der Waals surface area contributed by atoms with Crippen LogP contribution in [0.4, 0.5) is 0 Å². The Kier molecular flexibility index (Phi) is 6.68. The van der Waals surface area contributed by atoms with E-state index in [0.29, 0.717) is 11.7 Å². The first-order valence-corrected chi connectivity index (χ1v) is 11.2. The highest BCUT2D eigenvalue weighted by Crippen LogP contribution is 2.24. The molecule has 2 heterocycles. The lowest BCUT2D eigenvalue weighted by atomic mass is 9.95. The van der Waals surface area contributed by atoms with Gasteiger partial charge >= 0.3 is 0 Å². The number of hydrogen-bond donors (Lipinski definition) is 2. The Labute approximate surface area is 183 Å². The first kappa shape index (κ1) is 21.5. The molecular formula is C25H32N4O2. The van der Waals surface area contributed by atoms with Crippen molar-refractivity contribution in [3.63, 3.8) is 0 Å². The molecule has 1 aromatic heterocycles. The Balaban J connectivity index is 1.50. The van der Waals surface area contributed by atoms with Crippen LogP contribution in [0.2, 0.25) is 0 Å². The molecule has 1 aliphatic rings. The fourth-order valence-electron chi connectivity index (χ4n) is 4.61. The number of nitrogens with one attached hydrogen (secondary N) is 1. The van der Waals surface area contributed by atoms with Gasteiger partial charge in [-0.05, 0) is 44.7 Å². The molecule has 1 aliphatic heterocycles. The molecule has 2 atom stereocenters. The lowest BCUT2D eigenvalue weighted by Crippen LogP contribution is -2.51. The van der Waals surface area contributed by atoms with E-state index in [0.717, 1.165) is 43.3 Å². The van der Waals surface area contributed by atoms with Gasteiger partial charge in [0, 0.05) is 43.2 Å². The van der Waals surface area contributed by atoms with Crippen LogP contribution in [-0.4, -0.2) is 50.9 Å². The number of piperidine rings is 1. The van der Waals surface area contributed by atoms with E-state index in [1.165, 1.54) is 5.56 Å². The van der Waals surface area contributed by atoms with E-state index >= 15 is 0 Å². The van der Waals surface area contributed by atoms with E-state index in [1.54, 1.807) is 0 Å². The summed E-state index contributed by atoms with van der Waals surface area (Å²) in [6.45, 7) is 5.93. The normalized spacial score (nSPS) is 19.7. The average Bonchev–Trinajstić information content (AvgIpc) is 3.17. The SMILES string of the molecule is CC(C)n1nc(C(=O)N[C@H]2CC[C@@H](CCO)N(Cc3ccccc3)C2)c2ccccc21. The summed E-state index contributed by atoms with van der Waals surface area (Å²) in [5, 5.41) is 18.3. The number of likely N-dealkylation sites (tertiary alicyclic amines) is 1. The molecule has 0 saturated carbocycles. The van der Waals surface area contributed by atoms with Crippen LogP contribution in [0, 0.1) is 0 Å². The number of rotatable bonds is 7. The maximum absolute atomic E-state index is 13.2. The molecule has 1 fully saturated rings. The number of aromatic nitrogens is 2. The summed E-state index contributed by atoms with van der Waals surface area (Å²) in [6.07, 6.45) is 2.63. The Morgan fingerprint density at radius 3 is 2.61 bits per heavy atom. The molecule has 0 spiro atoms. The molecule has 0 unspecified atom stereocenters. The highest BCUT2D eigenvalue weighted by atomic mass is 16.3. The van der Waals surface area contributed by atoms with Gasteiger partial charge in [-0.3, -0.25) is 14.4 Å². The van der Waals surface area contributed by atoms with Gasteiger partial charge in [0.05, 0.1) is 5.52 Å². The van der Waals surface area contributed by atoms with E-state index in [9.17, 15) is 9.90 Å². The van der Waals surface area contributed by atoms with Crippen LogP contribution < -0.4 is 5.32 Å². The van der Waals surface area contributed by atoms with Gasteiger partial charge in [-0.25, -0.2) is 0 Å². The molecule has 31 heavy (non-hydrogen) atoms. The number of nitrogens with zero attached hydrogens (tertiary/aromatic N) is 3. The summed E-state index contributed by atoms with van der Waals surface area (Å²) in [5.41, 5.74) is 2.73. The molecule has 6 heteroatoms.